The molecule has 8 heteroatoms. The third-order valence-corrected chi connectivity index (χ3v) is 7.22. The molecule has 1 aliphatic carbocycles. The van der Waals surface area contributed by atoms with E-state index in [0.29, 0.717) is 36.9 Å². The topological polar surface area (TPSA) is 80.0 Å². The average molecular weight is 391 g/mol. The normalized spacial score (nSPS) is 28.8. The van der Waals surface area contributed by atoms with E-state index in [0.717, 1.165) is 36.6 Å². The van der Waals surface area contributed by atoms with Crippen LogP contribution in [0.25, 0.3) is 4.96 Å². The van der Waals surface area contributed by atoms with Crippen LogP contribution in [0.2, 0.25) is 0 Å². The van der Waals surface area contributed by atoms with Crippen LogP contribution in [0.5, 0.6) is 0 Å². The molecular formula is C19H26N4O3S. The number of aromatic nitrogens is 3. The Balaban J connectivity index is 1.28. The minimum absolute atomic E-state index is 0.0849. The highest BCUT2D eigenvalue weighted by atomic mass is 32.1. The largest absolute Gasteiger partial charge is 0.390 e. The smallest absolute Gasteiger partial charge is 0.275 e. The summed E-state index contributed by atoms with van der Waals surface area (Å²) >= 11 is 1.55. The van der Waals surface area contributed by atoms with Gasteiger partial charge >= 0.3 is 0 Å². The van der Waals surface area contributed by atoms with E-state index in [4.69, 9.17) is 9.72 Å². The van der Waals surface area contributed by atoms with Crippen molar-refractivity contribution >= 4 is 16.3 Å². The molecule has 0 amide bonds. The van der Waals surface area contributed by atoms with Crippen molar-refractivity contribution in [3.63, 3.8) is 0 Å². The first-order chi connectivity index (χ1) is 12.9. The third-order valence-electron chi connectivity index (χ3n) is 6.15. The number of ether oxygens (including phenoxy) is 1. The minimum Gasteiger partial charge on any atom is -0.390 e. The van der Waals surface area contributed by atoms with Crippen LogP contribution in [-0.2, 0) is 11.3 Å². The van der Waals surface area contributed by atoms with Crippen LogP contribution < -0.4 is 5.56 Å². The fraction of sp³-hybridized carbons (Fsp3) is 0.737. The summed E-state index contributed by atoms with van der Waals surface area (Å²) in [5.74, 6) is 0.533. The summed E-state index contributed by atoms with van der Waals surface area (Å²) in [6.45, 7) is 5.02. The standard InChI is InChI=1S/C19H26N4O3S/c1-18(25)6-9-26-19(12-18)4-7-22(8-5-19)11-14-10-15(24)23-17(20-14)27-16(21-23)13-2-3-13/h10,13,25H,2-9,11-12H2,1H3. The van der Waals surface area contributed by atoms with E-state index in [1.807, 2.05) is 6.92 Å². The zero-order valence-electron chi connectivity index (χ0n) is 15.7. The predicted molar refractivity (Wildman–Crippen MR) is 102 cm³/mol. The number of nitrogens with zero attached hydrogens (tertiary/aromatic N) is 4. The number of hydrogen-bond acceptors (Lipinski definition) is 7. The third kappa shape index (κ3) is 3.55. The molecule has 2 aliphatic heterocycles. The van der Waals surface area contributed by atoms with Gasteiger partial charge in [0.1, 0.15) is 5.01 Å². The molecule has 1 unspecified atom stereocenters. The van der Waals surface area contributed by atoms with Crippen molar-refractivity contribution in [2.24, 2.45) is 0 Å². The Hall–Kier alpha value is -1.35. The van der Waals surface area contributed by atoms with Gasteiger partial charge in [-0.25, -0.2) is 4.98 Å². The zero-order valence-corrected chi connectivity index (χ0v) is 16.5. The molecule has 0 radical (unpaired) electrons. The first-order valence-electron chi connectivity index (χ1n) is 9.90. The van der Waals surface area contributed by atoms with Crippen molar-refractivity contribution < 1.29 is 9.84 Å². The van der Waals surface area contributed by atoms with Crippen LogP contribution >= 0.6 is 11.3 Å². The van der Waals surface area contributed by atoms with Gasteiger partial charge in [0.15, 0.2) is 0 Å². The number of hydrogen-bond donors (Lipinski definition) is 1. The number of rotatable bonds is 3. The highest BCUT2D eigenvalue weighted by molar-refractivity contribution is 7.16. The Kier molecular flexibility index (Phi) is 4.16. The van der Waals surface area contributed by atoms with Crippen molar-refractivity contribution in [2.75, 3.05) is 19.7 Å². The maximum Gasteiger partial charge on any atom is 0.275 e. The maximum absolute atomic E-state index is 12.4. The van der Waals surface area contributed by atoms with Crippen LogP contribution in [0.15, 0.2) is 10.9 Å². The van der Waals surface area contributed by atoms with Gasteiger partial charge in [-0.15, -0.1) is 0 Å². The summed E-state index contributed by atoms with van der Waals surface area (Å²) in [7, 11) is 0. The maximum atomic E-state index is 12.4. The van der Waals surface area contributed by atoms with E-state index in [2.05, 4.69) is 10.00 Å². The van der Waals surface area contributed by atoms with Crippen LogP contribution in [0.4, 0.5) is 0 Å². The number of fused-ring (bicyclic) bond motifs is 1. The van der Waals surface area contributed by atoms with Gasteiger partial charge < -0.3 is 9.84 Å². The SMILES string of the molecule is CC1(O)CCOC2(CCN(Cc3cc(=O)n4nc(C5CC5)sc4n3)CC2)C1. The van der Waals surface area contributed by atoms with E-state index in [-0.39, 0.29) is 11.2 Å². The molecule has 3 fully saturated rings. The van der Waals surface area contributed by atoms with Crippen LogP contribution in [0, 0.1) is 0 Å². The molecule has 146 valence electrons. The van der Waals surface area contributed by atoms with Gasteiger partial charge in [0.2, 0.25) is 4.96 Å². The van der Waals surface area contributed by atoms with Crippen LogP contribution in [-0.4, -0.2) is 55.5 Å². The molecule has 1 atom stereocenters. The molecule has 7 nitrogen and oxygen atoms in total. The van der Waals surface area contributed by atoms with Gasteiger partial charge in [-0.1, -0.05) is 11.3 Å². The quantitative estimate of drug-likeness (QED) is 0.863. The van der Waals surface area contributed by atoms with Crippen molar-refractivity contribution in [3.8, 4) is 0 Å². The molecule has 3 aliphatic rings. The molecule has 2 aromatic heterocycles. The van der Waals surface area contributed by atoms with Crippen LogP contribution in [0.3, 0.4) is 0 Å². The molecule has 1 N–H and O–H groups in total. The molecule has 4 heterocycles. The average Bonchev–Trinajstić information content (AvgIpc) is 3.36. The van der Waals surface area contributed by atoms with Gasteiger partial charge in [-0.2, -0.15) is 9.61 Å². The van der Waals surface area contributed by atoms with Crippen molar-refractivity contribution in [1.82, 2.24) is 19.5 Å². The van der Waals surface area contributed by atoms with E-state index < -0.39 is 5.60 Å². The Morgan fingerprint density at radius 2 is 2.11 bits per heavy atom. The molecule has 2 saturated heterocycles. The Morgan fingerprint density at radius 1 is 1.33 bits per heavy atom. The van der Waals surface area contributed by atoms with E-state index in [1.54, 1.807) is 17.4 Å². The molecule has 1 saturated carbocycles. The van der Waals surface area contributed by atoms with Gasteiger partial charge in [-0.3, -0.25) is 9.69 Å². The van der Waals surface area contributed by atoms with Crippen LogP contribution in [0.1, 0.15) is 62.1 Å². The second kappa shape index (κ2) is 6.34. The second-order valence-corrected chi connectivity index (χ2v) is 9.71. The molecule has 1 spiro atoms. The van der Waals surface area contributed by atoms with Crippen molar-refractivity contribution in [2.45, 2.75) is 69.1 Å². The number of likely N-dealkylation sites (tertiary alicyclic amines) is 1. The van der Waals surface area contributed by atoms with Gasteiger partial charge in [0.25, 0.3) is 5.56 Å². The monoisotopic (exact) mass is 390 g/mol. The zero-order chi connectivity index (χ0) is 18.6. The highest BCUT2D eigenvalue weighted by Gasteiger charge is 2.44. The van der Waals surface area contributed by atoms with Gasteiger partial charge in [0, 0.05) is 38.0 Å². The Bertz CT molecular complexity index is 909. The Morgan fingerprint density at radius 3 is 2.81 bits per heavy atom. The predicted octanol–water partition coefficient (Wildman–Crippen LogP) is 1.92. The molecular weight excluding hydrogens is 364 g/mol. The molecule has 2 aromatic rings. The second-order valence-electron chi connectivity index (χ2n) is 8.73. The van der Waals surface area contributed by atoms with Gasteiger partial charge in [-0.05, 0) is 39.0 Å². The van der Waals surface area contributed by atoms with Crippen molar-refractivity contribution in [1.29, 1.82) is 0 Å². The fourth-order valence-corrected chi connectivity index (χ4v) is 5.53. The fourth-order valence-electron chi connectivity index (χ4n) is 4.44. The van der Waals surface area contributed by atoms with Gasteiger partial charge in [0.05, 0.1) is 23.5 Å². The summed E-state index contributed by atoms with van der Waals surface area (Å²) < 4.78 is 7.54. The molecule has 0 bridgehead atoms. The molecule has 27 heavy (non-hydrogen) atoms. The lowest BCUT2D eigenvalue weighted by molar-refractivity contribution is -0.173. The van der Waals surface area contributed by atoms with E-state index >= 15 is 0 Å². The summed E-state index contributed by atoms with van der Waals surface area (Å²) in [5.41, 5.74) is -0.0733. The first-order valence-corrected chi connectivity index (χ1v) is 10.7. The molecule has 5 rings (SSSR count). The number of aliphatic hydroxyl groups is 1. The minimum atomic E-state index is -0.618. The lowest BCUT2D eigenvalue weighted by Gasteiger charge is -2.48. The summed E-state index contributed by atoms with van der Waals surface area (Å²) in [5, 5.41) is 15.9. The first kappa shape index (κ1) is 17.7. The highest BCUT2D eigenvalue weighted by Crippen LogP contribution is 2.41. The lowest BCUT2D eigenvalue weighted by atomic mass is 9.78. The lowest BCUT2D eigenvalue weighted by Crippen LogP contribution is -2.53. The van der Waals surface area contributed by atoms with E-state index in [9.17, 15) is 9.90 Å². The van der Waals surface area contributed by atoms with E-state index in [1.165, 1.54) is 17.4 Å². The molecule has 0 aromatic carbocycles. The van der Waals surface area contributed by atoms with Crippen molar-refractivity contribution in [3.05, 3.63) is 27.1 Å². The summed E-state index contributed by atoms with van der Waals surface area (Å²) in [6, 6.07) is 1.62. The Labute approximate surface area is 162 Å². The summed E-state index contributed by atoms with van der Waals surface area (Å²) in [6.07, 6.45) is 5.60. The summed E-state index contributed by atoms with van der Waals surface area (Å²) in [4.78, 5) is 20.1. The number of piperidine rings is 1.